The summed E-state index contributed by atoms with van der Waals surface area (Å²) in [5, 5.41) is 12.8. The smallest absolute Gasteiger partial charge is 0.407 e. The van der Waals surface area contributed by atoms with E-state index < -0.39 is 24.0 Å². The van der Waals surface area contributed by atoms with E-state index in [4.69, 9.17) is 9.84 Å². The van der Waals surface area contributed by atoms with Crippen molar-refractivity contribution < 1.29 is 24.2 Å². The summed E-state index contributed by atoms with van der Waals surface area (Å²) in [6, 6.07) is 15.0. The van der Waals surface area contributed by atoms with Gasteiger partial charge >= 0.3 is 12.1 Å². The third-order valence-corrected chi connectivity index (χ3v) is 4.93. The summed E-state index contributed by atoms with van der Waals surface area (Å²) >= 11 is 0. The lowest BCUT2D eigenvalue weighted by molar-refractivity contribution is -0.137. The molecule has 3 N–H and O–H groups in total. The van der Waals surface area contributed by atoms with E-state index in [1.54, 1.807) is 14.1 Å². The number of rotatable bonds is 8. The Kier molecular flexibility index (Phi) is 6.68. The van der Waals surface area contributed by atoms with Crippen LogP contribution in [-0.4, -0.2) is 54.8 Å². The highest BCUT2D eigenvalue weighted by molar-refractivity contribution is 5.86. The first-order valence-corrected chi connectivity index (χ1v) is 9.68. The number of carbonyl (C=O) groups excluding carboxylic acids is 2. The second kappa shape index (κ2) is 9.41. The van der Waals surface area contributed by atoms with Crippen LogP contribution in [0.5, 0.6) is 0 Å². The fraction of sp³-hybridized carbons (Fsp3) is 0.318. The Labute approximate surface area is 174 Å². The van der Waals surface area contributed by atoms with Crippen molar-refractivity contribution in [3.63, 3.8) is 0 Å². The largest absolute Gasteiger partial charge is 0.481 e. The van der Waals surface area contributed by atoms with Gasteiger partial charge in [0.2, 0.25) is 0 Å². The Balaban J connectivity index is 1.66. The Morgan fingerprint density at radius 3 is 2.13 bits per heavy atom. The van der Waals surface area contributed by atoms with E-state index in [9.17, 15) is 14.4 Å². The number of hydrogen-bond donors (Lipinski definition) is 3. The Morgan fingerprint density at radius 2 is 1.60 bits per heavy atom. The minimum absolute atomic E-state index is 0.0425. The molecule has 0 aliphatic heterocycles. The van der Waals surface area contributed by atoms with E-state index in [0.717, 1.165) is 22.3 Å². The zero-order valence-corrected chi connectivity index (χ0v) is 16.9. The summed E-state index contributed by atoms with van der Waals surface area (Å²) in [7, 11) is 3.25. The fourth-order valence-electron chi connectivity index (χ4n) is 3.62. The highest BCUT2D eigenvalue weighted by atomic mass is 16.5. The third-order valence-electron chi connectivity index (χ3n) is 4.93. The molecule has 2 aromatic rings. The lowest BCUT2D eigenvalue weighted by Gasteiger charge is -2.21. The number of carboxylic acid groups (broad SMARTS) is 1. The van der Waals surface area contributed by atoms with Gasteiger partial charge in [-0.1, -0.05) is 48.5 Å². The number of alkyl carbamates (subject to hydrolysis) is 1. The topological polar surface area (TPSA) is 108 Å². The van der Waals surface area contributed by atoms with Gasteiger partial charge in [0.25, 0.3) is 5.91 Å². The Morgan fingerprint density at radius 1 is 1.03 bits per heavy atom. The predicted molar refractivity (Wildman–Crippen MR) is 111 cm³/mol. The van der Waals surface area contributed by atoms with Crippen LogP contribution in [-0.2, 0) is 14.3 Å². The molecule has 0 fully saturated rings. The molecular weight excluding hydrogens is 386 g/mol. The van der Waals surface area contributed by atoms with Crippen molar-refractivity contribution in [3.8, 4) is 11.1 Å². The minimum atomic E-state index is -1.05. The molecule has 0 aromatic heterocycles. The average molecular weight is 411 g/mol. The number of aliphatic carboxylic acids is 1. The number of ether oxygens (including phenoxy) is 1. The number of benzene rings is 2. The second-order valence-electron chi connectivity index (χ2n) is 7.33. The molecule has 1 atom stereocenters. The van der Waals surface area contributed by atoms with E-state index in [0.29, 0.717) is 0 Å². The fourth-order valence-corrected chi connectivity index (χ4v) is 3.62. The molecular formula is C22H25N3O5. The van der Waals surface area contributed by atoms with Crippen molar-refractivity contribution in [2.45, 2.75) is 24.8 Å². The van der Waals surface area contributed by atoms with Crippen molar-refractivity contribution in [2.24, 2.45) is 0 Å². The van der Waals surface area contributed by atoms with Gasteiger partial charge in [-0.3, -0.25) is 15.0 Å². The molecule has 8 nitrogen and oxygen atoms in total. The lowest BCUT2D eigenvalue weighted by atomic mass is 9.98. The summed E-state index contributed by atoms with van der Waals surface area (Å²) in [6.45, 7) is 0.112. The third kappa shape index (κ3) is 4.96. The zero-order valence-electron chi connectivity index (χ0n) is 16.9. The SMILES string of the molecule is CN(C)NC(=O)C(CCC(=O)O)NC(=O)OCC1c2ccccc2-c2ccccc21. The van der Waals surface area contributed by atoms with E-state index in [1.165, 1.54) is 5.01 Å². The van der Waals surface area contributed by atoms with Gasteiger partial charge in [0.15, 0.2) is 0 Å². The molecule has 0 heterocycles. The van der Waals surface area contributed by atoms with E-state index in [1.807, 2.05) is 48.5 Å². The number of nitrogens with one attached hydrogen (secondary N) is 2. The number of nitrogens with zero attached hydrogens (tertiary/aromatic N) is 1. The molecule has 2 aromatic carbocycles. The van der Waals surface area contributed by atoms with Crippen LogP contribution in [0, 0.1) is 0 Å². The molecule has 0 bridgehead atoms. The summed E-state index contributed by atoms with van der Waals surface area (Å²) in [5.41, 5.74) is 6.93. The van der Waals surface area contributed by atoms with Crippen molar-refractivity contribution in [2.75, 3.05) is 20.7 Å². The van der Waals surface area contributed by atoms with Gasteiger partial charge in [-0.05, 0) is 28.7 Å². The van der Waals surface area contributed by atoms with Crippen LogP contribution in [0.4, 0.5) is 4.79 Å². The van der Waals surface area contributed by atoms with Gasteiger partial charge in [-0.2, -0.15) is 0 Å². The second-order valence-corrected chi connectivity index (χ2v) is 7.33. The first-order chi connectivity index (χ1) is 14.4. The Bertz CT molecular complexity index is 898. The molecule has 8 heteroatoms. The molecule has 0 saturated heterocycles. The van der Waals surface area contributed by atoms with Crippen LogP contribution < -0.4 is 10.7 Å². The Hall–Kier alpha value is -3.39. The number of hydrazine groups is 1. The maximum atomic E-state index is 12.4. The van der Waals surface area contributed by atoms with Crippen LogP contribution in [0.2, 0.25) is 0 Å². The molecule has 158 valence electrons. The van der Waals surface area contributed by atoms with Crippen LogP contribution in [0.25, 0.3) is 11.1 Å². The van der Waals surface area contributed by atoms with Gasteiger partial charge in [-0.15, -0.1) is 0 Å². The maximum Gasteiger partial charge on any atom is 0.407 e. The molecule has 0 saturated carbocycles. The lowest BCUT2D eigenvalue weighted by Crippen LogP contribution is -2.50. The molecule has 1 unspecified atom stereocenters. The highest BCUT2D eigenvalue weighted by Crippen LogP contribution is 2.44. The average Bonchev–Trinajstić information content (AvgIpc) is 3.02. The van der Waals surface area contributed by atoms with Crippen molar-refractivity contribution in [1.29, 1.82) is 0 Å². The molecule has 1 aliphatic rings. The normalized spacial score (nSPS) is 13.3. The number of amides is 2. The predicted octanol–water partition coefficient (Wildman–Crippen LogP) is 2.35. The van der Waals surface area contributed by atoms with Gasteiger partial charge in [0, 0.05) is 26.4 Å². The molecule has 0 radical (unpaired) electrons. The number of carboxylic acids is 1. The zero-order chi connectivity index (χ0) is 21.7. The van der Waals surface area contributed by atoms with Crippen molar-refractivity contribution in [1.82, 2.24) is 15.8 Å². The van der Waals surface area contributed by atoms with Gasteiger partial charge in [0.1, 0.15) is 12.6 Å². The molecule has 0 spiro atoms. The van der Waals surface area contributed by atoms with Crippen LogP contribution in [0.1, 0.15) is 29.9 Å². The van der Waals surface area contributed by atoms with Gasteiger partial charge in [0.05, 0.1) is 0 Å². The summed E-state index contributed by atoms with van der Waals surface area (Å²) < 4.78 is 5.44. The highest BCUT2D eigenvalue weighted by Gasteiger charge is 2.30. The standard InChI is InChI=1S/C22H25N3O5/c1-25(2)24-21(28)19(11-12-20(26)27)23-22(29)30-13-18-16-9-5-3-7-14(16)15-8-4-6-10-17(15)18/h3-10,18-19H,11-13H2,1-2H3,(H,23,29)(H,24,28)(H,26,27). The number of fused-ring (bicyclic) bond motifs is 3. The summed E-state index contributed by atoms with van der Waals surface area (Å²) in [6.07, 6.45) is -1.06. The van der Waals surface area contributed by atoms with Crippen molar-refractivity contribution in [3.05, 3.63) is 59.7 Å². The number of hydrogen-bond acceptors (Lipinski definition) is 5. The number of carbonyl (C=O) groups is 3. The van der Waals surface area contributed by atoms with Gasteiger partial charge in [-0.25, -0.2) is 9.80 Å². The quantitative estimate of drug-likeness (QED) is 0.576. The van der Waals surface area contributed by atoms with E-state index in [-0.39, 0.29) is 25.4 Å². The molecule has 30 heavy (non-hydrogen) atoms. The summed E-state index contributed by atoms with van der Waals surface area (Å²) in [4.78, 5) is 35.5. The summed E-state index contributed by atoms with van der Waals surface area (Å²) in [5.74, 6) is -1.65. The van der Waals surface area contributed by atoms with Crippen LogP contribution in [0.15, 0.2) is 48.5 Å². The monoisotopic (exact) mass is 411 g/mol. The minimum Gasteiger partial charge on any atom is -0.481 e. The van der Waals surface area contributed by atoms with Crippen LogP contribution >= 0.6 is 0 Å². The van der Waals surface area contributed by atoms with E-state index >= 15 is 0 Å². The first kappa shape index (κ1) is 21.3. The maximum absolute atomic E-state index is 12.4. The van der Waals surface area contributed by atoms with Crippen LogP contribution in [0.3, 0.4) is 0 Å². The van der Waals surface area contributed by atoms with Gasteiger partial charge < -0.3 is 15.2 Å². The van der Waals surface area contributed by atoms with Crippen molar-refractivity contribution >= 4 is 18.0 Å². The first-order valence-electron chi connectivity index (χ1n) is 9.68. The molecule has 1 aliphatic carbocycles. The molecule has 3 rings (SSSR count). The molecule has 2 amide bonds. The van der Waals surface area contributed by atoms with E-state index in [2.05, 4.69) is 10.7 Å².